The molecule has 2 aliphatic heterocycles. The van der Waals surface area contributed by atoms with Crippen LogP contribution >= 0.6 is 0 Å². The van der Waals surface area contributed by atoms with Gasteiger partial charge in [0.05, 0.1) is 18.2 Å². The average Bonchev–Trinajstić information content (AvgIpc) is 3.01. The highest BCUT2D eigenvalue weighted by Gasteiger charge is 2.31. The highest BCUT2D eigenvalue weighted by Crippen LogP contribution is 2.24. The number of aryl methyl sites for hydroxylation is 1. The second-order valence-corrected chi connectivity index (χ2v) is 7.98. The van der Waals surface area contributed by atoms with Gasteiger partial charge in [0, 0.05) is 59.1 Å². The molecular weight excluding hydrogens is 342 g/mol. The van der Waals surface area contributed by atoms with E-state index in [0.29, 0.717) is 19.2 Å². The van der Waals surface area contributed by atoms with E-state index in [4.69, 9.17) is 4.74 Å². The molecule has 0 unspecified atom stereocenters. The maximum absolute atomic E-state index is 12.4. The van der Waals surface area contributed by atoms with Gasteiger partial charge in [0.1, 0.15) is 5.82 Å². The van der Waals surface area contributed by atoms with Gasteiger partial charge in [-0.15, -0.1) is 0 Å². The standard InChI is InChI=1S/C20H35N5O2/c1-16-22-13-19(23(16)2)15-24-10-6-18(7-11-24)25-9-4-5-17(14-25)20(26)21-8-12-27-3/h13,17-18H,4-12,14-15H2,1-3H3,(H,21,26)/t17-/m0/s1. The number of nitrogens with zero attached hydrogens (tertiary/aromatic N) is 4. The Balaban J connectivity index is 1.44. The number of carbonyl (C=O) groups excluding carboxylic acids is 1. The number of imidazole rings is 1. The number of ether oxygens (including phenoxy) is 1. The largest absolute Gasteiger partial charge is 0.383 e. The molecule has 27 heavy (non-hydrogen) atoms. The molecule has 0 spiro atoms. The summed E-state index contributed by atoms with van der Waals surface area (Å²) in [5.41, 5.74) is 1.29. The smallest absolute Gasteiger partial charge is 0.224 e. The Morgan fingerprint density at radius 2 is 2.07 bits per heavy atom. The molecule has 1 aromatic heterocycles. The molecule has 1 aromatic rings. The second kappa shape index (κ2) is 9.66. The molecule has 0 aromatic carbocycles. The fourth-order valence-electron chi connectivity index (χ4n) is 4.34. The van der Waals surface area contributed by atoms with Gasteiger partial charge >= 0.3 is 0 Å². The fourth-order valence-corrected chi connectivity index (χ4v) is 4.34. The summed E-state index contributed by atoms with van der Waals surface area (Å²) < 4.78 is 7.21. The summed E-state index contributed by atoms with van der Waals surface area (Å²) in [6, 6.07) is 0.615. The number of hydrogen-bond donors (Lipinski definition) is 1. The van der Waals surface area contributed by atoms with Crippen molar-refractivity contribution in [3.05, 3.63) is 17.7 Å². The lowest BCUT2D eigenvalue weighted by Crippen LogP contribution is -2.50. The number of hydrogen-bond acceptors (Lipinski definition) is 5. The molecule has 3 heterocycles. The minimum atomic E-state index is 0.131. The molecule has 0 saturated carbocycles. The van der Waals surface area contributed by atoms with E-state index in [2.05, 4.69) is 31.7 Å². The normalized spacial score (nSPS) is 22.9. The van der Waals surface area contributed by atoms with Crippen LogP contribution < -0.4 is 5.32 Å². The summed E-state index contributed by atoms with van der Waals surface area (Å²) in [6.45, 7) is 8.50. The van der Waals surface area contributed by atoms with Gasteiger partial charge in [-0.25, -0.2) is 4.98 Å². The van der Waals surface area contributed by atoms with E-state index in [1.165, 1.54) is 18.5 Å². The third-order valence-corrected chi connectivity index (χ3v) is 6.20. The first kappa shape index (κ1) is 20.3. The second-order valence-electron chi connectivity index (χ2n) is 7.98. The van der Waals surface area contributed by atoms with Gasteiger partial charge in [0.2, 0.25) is 5.91 Å². The zero-order valence-corrected chi connectivity index (χ0v) is 17.1. The van der Waals surface area contributed by atoms with Crippen LogP contribution in [0.25, 0.3) is 0 Å². The van der Waals surface area contributed by atoms with Crippen molar-refractivity contribution in [3.63, 3.8) is 0 Å². The van der Waals surface area contributed by atoms with Crippen LogP contribution in [-0.4, -0.2) is 77.7 Å². The third kappa shape index (κ3) is 5.30. The van der Waals surface area contributed by atoms with E-state index < -0.39 is 0 Å². The van der Waals surface area contributed by atoms with Crippen molar-refractivity contribution in [2.45, 2.75) is 45.2 Å². The lowest BCUT2D eigenvalue weighted by Gasteiger charge is -2.42. The van der Waals surface area contributed by atoms with E-state index in [-0.39, 0.29) is 11.8 Å². The number of rotatable bonds is 7. The molecule has 0 aliphatic carbocycles. The van der Waals surface area contributed by atoms with Crippen molar-refractivity contribution in [1.82, 2.24) is 24.7 Å². The molecule has 3 rings (SSSR count). The first-order chi connectivity index (χ1) is 13.1. The van der Waals surface area contributed by atoms with Crippen molar-refractivity contribution in [2.75, 3.05) is 46.4 Å². The predicted molar refractivity (Wildman–Crippen MR) is 105 cm³/mol. The summed E-state index contributed by atoms with van der Waals surface area (Å²) in [4.78, 5) is 21.9. The van der Waals surface area contributed by atoms with Gasteiger partial charge in [0.15, 0.2) is 0 Å². The summed E-state index contributed by atoms with van der Waals surface area (Å²) in [7, 11) is 3.76. The van der Waals surface area contributed by atoms with Crippen LogP contribution in [0.4, 0.5) is 0 Å². The zero-order chi connectivity index (χ0) is 19.2. The van der Waals surface area contributed by atoms with E-state index in [9.17, 15) is 4.79 Å². The van der Waals surface area contributed by atoms with Crippen LogP contribution in [0.5, 0.6) is 0 Å². The molecule has 7 nitrogen and oxygen atoms in total. The average molecular weight is 378 g/mol. The van der Waals surface area contributed by atoms with Crippen molar-refractivity contribution >= 4 is 5.91 Å². The summed E-state index contributed by atoms with van der Waals surface area (Å²) in [6.07, 6.45) is 6.51. The lowest BCUT2D eigenvalue weighted by molar-refractivity contribution is -0.127. The van der Waals surface area contributed by atoms with Crippen LogP contribution in [0.1, 0.15) is 37.2 Å². The fraction of sp³-hybridized carbons (Fsp3) is 0.800. The van der Waals surface area contributed by atoms with Crippen LogP contribution in [0.15, 0.2) is 6.20 Å². The predicted octanol–water partition coefficient (Wildman–Crippen LogP) is 1.17. The Morgan fingerprint density at radius 3 is 2.74 bits per heavy atom. The lowest BCUT2D eigenvalue weighted by atomic mass is 9.93. The summed E-state index contributed by atoms with van der Waals surface area (Å²) in [5, 5.41) is 3.01. The first-order valence-corrected chi connectivity index (χ1v) is 10.3. The van der Waals surface area contributed by atoms with E-state index >= 15 is 0 Å². The third-order valence-electron chi connectivity index (χ3n) is 6.20. The molecule has 2 aliphatic rings. The number of likely N-dealkylation sites (tertiary alicyclic amines) is 2. The highest BCUT2D eigenvalue weighted by molar-refractivity contribution is 5.78. The topological polar surface area (TPSA) is 62.6 Å². The maximum Gasteiger partial charge on any atom is 0.224 e. The zero-order valence-electron chi connectivity index (χ0n) is 17.1. The SMILES string of the molecule is COCCNC(=O)[C@H]1CCCN(C2CCN(Cc3cnc(C)n3C)CC2)C1. The number of amides is 1. The van der Waals surface area contributed by atoms with Gasteiger partial charge < -0.3 is 14.6 Å². The van der Waals surface area contributed by atoms with E-state index in [1.807, 2.05) is 13.1 Å². The minimum absolute atomic E-state index is 0.131. The van der Waals surface area contributed by atoms with Crippen LogP contribution in [0.3, 0.4) is 0 Å². The molecule has 0 bridgehead atoms. The molecule has 2 saturated heterocycles. The number of aromatic nitrogens is 2. The Bertz CT molecular complexity index is 610. The summed E-state index contributed by atoms with van der Waals surface area (Å²) in [5.74, 6) is 1.40. The number of carbonyl (C=O) groups is 1. The van der Waals surface area contributed by atoms with Gasteiger partial charge in [-0.1, -0.05) is 0 Å². The van der Waals surface area contributed by atoms with Crippen molar-refractivity contribution in [1.29, 1.82) is 0 Å². The quantitative estimate of drug-likeness (QED) is 0.723. The van der Waals surface area contributed by atoms with Crippen molar-refractivity contribution in [2.24, 2.45) is 13.0 Å². The summed E-state index contributed by atoms with van der Waals surface area (Å²) >= 11 is 0. The van der Waals surface area contributed by atoms with Crippen LogP contribution in [0.2, 0.25) is 0 Å². The number of nitrogens with one attached hydrogen (secondary N) is 1. The highest BCUT2D eigenvalue weighted by atomic mass is 16.5. The molecule has 7 heteroatoms. The molecule has 0 radical (unpaired) electrons. The molecule has 152 valence electrons. The van der Waals surface area contributed by atoms with Gasteiger partial charge in [0.25, 0.3) is 0 Å². The molecule has 1 amide bonds. The Kier molecular flexibility index (Phi) is 7.26. The first-order valence-electron chi connectivity index (χ1n) is 10.3. The van der Waals surface area contributed by atoms with E-state index in [1.54, 1.807) is 7.11 Å². The Morgan fingerprint density at radius 1 is 1.30 bits per heavy atom. The minimum Gasteiger partial charge on any atom is -0.383 e. The molecule has 2 fully saturated rings. The van der Waals surface area contributed by atoms with Gasteiger partial charge in [-0.05, 0) is 39.2 Å². The monoisotopic (exact) mass is 377 g/mol. The molecule has 1 atom stereocenters. The number of methoxy groups -OCH3 is 1. The van der Waals surface area contributed by atoms with Crippen molar-refractivity contribution in [3.8, 4) is 0 Å². The molecular formula is C20H35N5O2. The van der Waals surface area contributed by atoms with Gasteiger partial charge in [-0.3, -0.25) is 14.6 Å². The Hall–Kier alpha value is -1.44. The number of piperidine rings is 2. The van der Waals surface area contributed by atoms with Crippen LogP contribution in [0, 0.1) is 12.8 Å². The maximum atomic E-state index is 12.4. The van der Waals surface area contributed by atoms with Gasteiger partial charge in [-0.2, -0.15) is 0 Å². The van der Waals surface area contributed by atoms with E-state index in [0.717, 1.165) is 51.4 Å². The van der Waals surface area contributed by atoms with Crippen molar-refractivity contribution < 1.29 is 9.53 Å². The molecule has 1 N–H and O–H groups in total. The van der Waals surface area contributed by atoms with Crippen LogP contribution in [-0.2, 0) is 23.1 Å². The Labute approximate surface area is 163 Å².